The van der Waals surface area contributed by atoms with Crippen LogP contribution in [0.1, 0.15) is 32.1 Å². The molecule has 1 saturated carbocycles. The smallest absolute Gasteiger partial charge is 0.223 e. The van der Waals surface area contributed by atoms with Crippen LogP contribution in [-0.2, 0) is 4.79 Å². The van der Waals surface area contributed by atoms with E-state index in [4.69, 9.17) is 4.74 Å². The van der Waals surface area contributed by atoms with E-state index in [1.165, 1.54) is 12.1 Å². The van der Waals surface area contributed by atoms with Crippen LogP contribution < -0.4 is 10.1 Å². The molecule has 0 saturated heterocycles. The Morgan fingerprint density at radius 3 is 2.81 bits per heavy atom. The number of hydrogen-bond acceptors (Lipinski definition) is 3. The second-order valence-electron chi connectivity index (χ2n) is 5.53. The molecule has 0 aromatic heterocycles. The number of rotatable bonds is 6. The summed E-state index contributed by atoms with van der Waals surface area (Å²) in [6.45, 7) is 0.893. The second-order valence-corrected chi connectivity index (χ2v) is 5.53. The van der Waals surface area contributed by atoms with Crippen molar-refractivity contribution in [1.29, 1.82) is 0 Å². The van der Waals surface area contributed by atoms with Crippen LogP contribution in [0.4, 0.5) is 4.39 Å². The van der Waals surface area contributed by atoms with Crippen molar-refractivity contribution in [2.24, 2.45) is 5.92 Å². The lowest BCUT2D eigenvalue weighted by atomic mass is 9.87. The van der Waals surface area contributed by atoms with Crippen molar-refractivity contribution in [3.63, 3.8) is 0 Å². The van der Waals surface area contributed by atoms with Gasteiger partial charge in [-0.2, -0.15) is 0 Å². The third-order valence-electron chi connectivity index (χ3n) is 3.80. The quantitative estimate of drug-likeness (QED) is 0.846. The van der Waals surface area contributed by atoms with Crippen LogP contribution in [0.5, 0.6) is 5.75 Å². The Kier molecular flexibility index (Phi) is 5.99. The summed E-state index contributed by atoms with van der Waals surface area (Å²) in [6, 6.07) is 5.88. The van der Waals surface area contributed by atoms with Gasteiger partial charge in [-0.3, -0.25) is 4.79 Å². The minimum Gasteiger partial charge on any atom is -0.493 e. The standard InChI is InChI=1S/C16H22FNO3/c17-13-2-1-3-15(10-13)21-9-8-16(20)18-11-12-4-6-14(19)7-5-12/h1-3,10,12,14,19H,4-9,11H2,(H,18,20). The van der Waals surface area contributed by atoms with Gasteiger partial charge in [0.2, 0.25) is 5.91 Å². The van der Waals surface area contributed by atoms with Gasteiger partial charge in [0, 0.05) is 12.6 Å². The molecule has 0 radical (unpaired) electrons. The number of hydrogen-bond donors (Lipinski definition) is 2. The highest BCUT2D eigenvalue weighted by molar-refractivity contribution is 5.75. The molecule has 21 heavy (non-hydrogen) atoms. The van der Waals surface area contributed by atoms with E-state index in [1.807, 2.05) is 0 Å². The molecule has 1 aromatic carbocycles. The Bertz CT molecular complexity index is 459. The molecule has 1 aromatic rings. The van der Waals surface area contributed by atoms with Crippen LogP contribution in [-0.4, -0.2) is 30.3 Å². The zero-order valence-electron chi connectivity index (χ0n) is 12.1. The van der Waals surface area contributed by atoms with Gasteiger partial charge in [-0.25, -0.2) is 4.39 Å². The molecule has 2 N–H and O–H groups in total. The fraction of sp³-hybridized carbons (Fsp3) is 0.562. The summed E-state index contributed by atoms with van der Waals surface area (Å²) < 4.78 is 18.3. The predicted molar refractivity (Wildman–Crippen MR) is 77.5 cm³/mol. The molecule has 5 heteroatoms. The van der Waals surface area contributed by atoms with E-state index in [-0.39, 0.29) is 30.9 Å². The monoisotopic (exact) mass is 295 g/mol. The van der Waals surface area contributed by atoms with Crippen molar-refractivity contribution in [2.45, 2.75) is 38.2 Å². The van der Waals surface area contributed by atoms with E-state index < -0.39 is 0 Å². The molecule has 0 heterocycles. The summed E-state index contributed by atoms with van der Waals surface area (Å²) in [6.07, 6.45) is 3.65. The van der Waals surface area contributed by atoms with Crippen LogP contribution in [0, 0.1) is 11.7 Å². The molecule has 0 atom stereocenters. The lowest BCUT2D eigenvalue weighted by Gasteiger charge is -2.25. The first-order valence-corrected chi connectivity index (χ1v) is 7.46. The summed E-state index contributed by atoms with van der Waals surface area (Å²) in [4.78, 5) is 11.7. The number of halogens is 1. The first-order chi connectivity index (χ1) is 10.1. The van der Waals surface area contributed by atoms with Gasteiger partial charge in [0.15, 0.2) is 0 Å². The molecule has 2 rings (SSSR count). The molecule has 116 valence electrons. The SMILES string of the molecule is O=C(CCOc1cccc(F)c1)NCC1CCC(O)CC1. The number of benzene rings is 1. The number of aliphatic hydroxyl groups is 1. The Morgan fingerprint density at radius 2 is 2.10 bits per heavy atom. The number of nitrogens with one attached hydrogen (secondary N) is 1. The van der Waals surface area contributed by atoms with Crippen molar-refractivity contribution in [2.75, 3.05) is 13.2 Å². The lowest BCUT2D eigenvalue weighted by molar-refractivity contribution is -0.121. The number of aliphatic hydroxyl groups excluding tert-OH is 1. The number of carbonyl (C=O) groups is 1. The molecule has 1 amide bonds. The average Bonchev–Trinajstić information content (AvgIpc) is 2.47. The van der Waals surface area contributed by atoms with Crippen LogP contribution in [0.15, 0.2) is 24.3 Å². The molecule has 0 unspecified atom stereocenters. The predicted octanol–water partition coefficient (Wildman–Crippen LogP) is 2.26. The summed E-state index contributed by atoms with van der Waals surface area (Å²) in [5.74, 6) is 0.486. The van der Waals surface area contributed by atoms with Crippen molar-refractivity contribution in [3.05, 3.63) is 30.1 Å². The van der Waals surface area contributed by atoms with Crippen molar-refractivity contribution >= 4 is 5.91 Å². The first kappa shape index (κ1) is 15.8. The largest absolute Gasteiger partial charge is 0.493 e. The van der Waals surface area contributed by atoms with Gasteiger partial charge in [-0.15, -0.1) is 0 Å². The molecular weight excluding hydrogens is 273 g/mol. The zero-order valence-corrected chi connectivity index (χ0v) is 12.1. The molecule has 0 spiro atoms. The third kappa shape index (κ3) is 5.71. The Hall–Kier alpha value is -1.62. The minimum atomic E-state index is -0.351. The maximum Gasteiger partial charge on any atom is 0.223 e. The van der Waals surface area contributed by atoms with Crippen molar-refractivity contribution in [3.8, 4) is 5.75 Å². The van der Waals surface area contributed by atoms with Gasteiger partial charge in [0.25, 0.3) is 0 Å². The Balaban J connectivity index is 1.59. The summed E-state index contributed by atoms with van der Waals surface area (Å²) in [5, 5.41) is 12.3. The maximum absolute atomic E-state index is 12.9. The summed E-state index contributed by atoms with van der Waals surface area (Å²) >= 11 is 0. The zero-order chi connectivity index (χ0) is 15.1. The Morgan fingerprint density at radius 1 is 1.33 bits per heavy atom. The van der Waals surface area contributed by atoms with E-state index in [0.717, 1.165) is 25.7 Å². The van der Waals surface area contributed by atoms with E-state index in [9.17, 15) is 14.3 Å². The molecule has 1 fully saturated rings. The van der Waals surface area contributed by atoms with Gasteiger partial charge < -0.3 is 15.2 Å². The van der Waals surface area contributed by atoms with Crippen LogP contribution in [0.2, 0.25) is 0 Å². The molecule has 0 aliphatic heterocycles. The van der Waals surface area contributed by atoms with Gasteiger partial charge in [0.1, 0.15) is 11.6 Å². The van der Waals surface area contributed by atoms with Crippen molar-refractivity contribution < 1.29 is 19.0 Å². The summed E-state index contributed by atoms with van der Waals surface area (Å²) in [7, 11) is 0. The van der Waals surface area contributed by atoms with Crippen LogP contribution in [0.25, 0.3) is 0 Å². The van der Waals surface area contributed by atoms with E-state index >= 15 is 0 Å². The minimum absolute atomic E-state index is 0.0578. The highest BCUT2D eigenvalue weighted by atomic mass is 19.1. The molecular formula is C16H22FNO3. The van der Waals surface area contributed by atoms with Crippen molar-refractivity contribution in [1.82, 2.24) is 5.32 Å². The molecule has 1 aliphatic rings. The molecule has 1 aliphatic carbocycles. The molecule has 4 nitrogen and oxygen atoms in total. The fourth-order valence-electron chi connectivity index (χ4n) is 2.51. The average molecular weight is 295 g/mol. The van der Waals surface area contributed by atoms with E-state index in [2.05, 4.69) is 5.32 Å². The van der Waals surface area contributed by atoms with Crippen LogP contribution in [0.3, 0.4) is 0 Å². The highest BCUT2D eigenvalue weighted by Gasteiger charge is 2.19. The number of ether oxygens (including phenoxy) is 1. The van der Waals surface area contributed by atoms with Gasteiger partial charge >= 0.3 is 0 Å². The van der Waals surface area contributed by atoms with Gasteiger partial charge in [-0.05, 0) is 43.7 Å². The highest BCUT2D eigenvalue weighted by Crippen LogP contribution is 2.23. The van der Waals surface area contributed by atoms with E-state index in [1.54, 1.807) is 12.1 Å². The van der Waals surface area contributed by atoms with E-state index in [0.29, 0.717) is 18.2 Å². The number of carbonyl (C=O) groups excluding carboxylic acids is 1. The molecule has 0 bridgehead atoms. The second kappa shape index (κ2) is 7.98. The normalized spacial score (nSPS) is 21.8. The summed E-state index contributed by atoms with van der Waals surface area (Å²) in [5.41, 5.74) is 0. The topological polar surface area (TPSA) is 58.6 Å². The van der Waals surface area contributed by atoms with Gasteiger partial charge in [0.05, 0.1) is 19.1 Å². The van der Waals surface area contributed by atoms with Gasteiger partial charge in [-0.1, -0.05) is 6.07 Å². The Labute approximate surface area is 124 Å². The van der Waals surface area contributed by atoms with Crippen LogP contribution >= 0.6 is 0 Å². The third-order valence-corrected chi connectivity index (χ3v) is 3.80. The number of amides is 1. The fourth-order valence-corrected chi connectivity index (χ4v) is 2.51. The maximum atomic E-state index is 12.9. The first-order valence-electron chi connectivity index (χ1n) is 7.46. The lowest BCUT2D eigenvalue weighted by Crippen LogP contribution is -2.32.